The maximum atomic E-state index is 12.4. The summed E-state index contributed by atoms with van der Waals surface area (Å²) in [6.07, 6.45) is -2.48. The quantitative estimate of drug-likeness (QED) is 0.687. The molecule has 0 heterocycles. The lowest BCUT2D eigenvalue weighted by Gasteiger charge is -2.00. The zero-order valence-corrected chi connectivity index (χ0v) is 9.22. The van der Waals surface area contributed by atoms with Crippen molar-refractivity contribution in [1.29, 1.82) is 0 Å². The summed E-state index contributed by atoms with van der Waals surface area (Å²) in [7, 11) is 0. The molecule has 82 valence electrons. The van der Waals surface area contributed by atoms with Crippen molar-refractivity contribution in [3.8, 4) is 0 Å². The summed E-state index contributed by atoms with van der Waals surface area (Å²) >= 11 is 6.97. The molecule has 0 saturated heterocycles. The summed E-state index contributed by atoms with van der Waals surface area (Å²) < 4.78 is 35.8. The molecule has 0 aromatic heterocycles. The van der Waals surface area contributed by atoms with Crippen molar-refractivity contribution in [3.05, 3.63) is 41.2 Å². The number of rotatable bonds is 4. The molecule has 0 unspecified atom stereocenters. The molecule has 1 aromatic carbocycles. The van der Waals surface area contributed by atoms with Gasteiger partial charge in [-0.3, -0.25) is 0 Å². The second-order valence-electron chi connectivity index (χ2n) is 2.72. The van der Waals surface area contributed by atoms with Crippen molar-refractivity contribution in [2.75, 3.05) is 5.75 Å². The minimum atomic E-state index is -2.23. The summed E-state index contributed by atoms with van der Waals surface area (Å²) in [5.74, 6) is -1.05. The van der Waals surface area contributed by atoms with E-state index in [1.54, 1.807) is 24.3 Å². The zero-order chi connectivity index (χ0) is 11.3. The van der Waals surface area contributed by atoms with E-state index in [1.165, 1.54) is 11.8 Å². The number of thioether (sulfide) groups is 1. The van der Waals surface area contributed by atoms with Crippen molar-refractivity contribution < 1.29 is 13.2 Å². The molecule has 0 bridgehead atoms. The second-order valence-corrected chi connectivity index (χ2v) is 4.32. The average Bonchev–Trinajstić information content (AvgIpc) is 2.20. The van der Waals surface area contributed by atoms with Crippen molar-refractivity contribution in [2.45, 2.75) is 11.3 Å². The molecular weight excluding hydrogens is 245 g/mol. The van der Waals surface area contributed by atoms with Crippen LogP contribution in [0.1, 0.15) is 6.42 Å². The molecule has 0 N–H and O–H groups in total. The summed E-state index contributed by atoms with van der Waals surface area (Å²) in [5.41, 5.74) is 0. The van der Waals surface area contributed by atoms with Gasteiger partial charge in [-0.25, -0.2) is 4.39 Å². The fourth-order valence-electron chi connectivity index (χ4n) is 0.884. The number of halogens is 4. The fourth-order valence-corrected chi connectivity index (χ4v) is 1.86. The molecule has 1 aromatic rings. The van der Waals surface area contributed by atoms with E-state index in [2.05, 4.69) is 0 Å². The highest BCUT2D eigenvalue weighted by Gasteiger charge is 2.04. The van der Waals surface area contributed by atoms with Gasteiger partial charge in [-0.2, -0.15) is 8.78 Å². The number of hydrogen-bond donors (Lipinski definition) is 0. The Morgan fingerprint density at radius 3 is 2.27 bits per heavy atom. The molecule has 0 fully saturated rings. The first-order valence-electron chi connectivity index (χ1n) is 4.17. The lowest BCUT2D eigenvalue weighted by atomic mass is 10.4. The zero-order valence-electron chi connectivity index (χ0n) is 7.64. The van der Waals surface area contributed by atoms with Gasteiger partial charge in [0.1, 0.15) is 0 Å². The topological polar surface area (TPSA) is 0 Å². The number of allylic oxidation sites excluding steroid dienone is 1. The van der Waals surface area contributed by atoms with E-state index in [-0.39, 0.29) is 12.2 Å². The molecule has 0 amide bonds. The summed E-state index contributed by atoms with van der Waals surface area (Å²) in [4.78, 5) is 0.881. The van der Waals surface area contributed by atoms with Gasteiger partial charge in [0.2, 0.25) is 0 Å². The fraction of sp³-hybridized carbons (Fsp3) is 0.200. The Kier molecular flexibility index (Phi) is 5.05. The van der Waals surface area contributed by atoms with Gasteiger partial charge in [-0.15, -0.1) is 11.8 Å². The highest BCUT2D eigenvalue weighted by atomic mass is 35.5. The normalized spacial score (nSPS) is 10.1. The lowest BCUT2D eigenvalue weighted by Crippen LogP contribution is -1.82. The monoisotopic (exact) mass is 252 g/mol. The first-order valence-corrected chi connectivity index (χ1v) is 5.54. The van der Waals surface area contributed by atoms with Crippen molar-refractivity contribution >= 4 is 23.4 Å². The molecule has 0 spiro atoms. The molecular formula is C10H8ClF3S. The Labute approximate surface area is 95.1 Å². The van der Waals surface area contributed by atoms with E-state index in [0.717, 1.165) is 4.90 Å². The molecule has 0 saturated carbocycles. The summed E-state index contributed by atoms with van der Waals surface area (Å²) in [5, 5.41) is 0.611. The smallest absolute Gasteiger partial charge is 0.206 e. The third-order valence-electron chi connectivity index (χ3n) is 1.61. The van der Waals surface area contributed by atoms with Gasteiger partial charge in [0, 0.05) is 22.1 Å². The van der Waals surface area contributed by atoms with Gasteiger partial charge in [0.05, 0.1) is 0 Å². The molecule has 15 heavy (non-hydrogen) atoms. The largest absolute Gasteiger partial charge is 0.301 e. The van der Waals surface area contributed by atoms with Crippen LogP contribution in [0.2, 0.25) is 5.02 Å². The van der Waals surface area contributed by atoms with Gasteiger partial charge in [0.15, 0.2) is 5.83 Å². The van der Waals surface area contributed by atoms with E-state index in [0.29, 0.717) is 5.02 Å². The first kappa shape index (κ1) is 12.5. The van der Waals surface area contributed by atoms with Crippen LogP contribution in [-0.4, -0.2) is 5.75 Å². The summed E-state index contributed by atoms with van der Waals surface area (Å²) in [6, 6.07) is 6.93. The predicted octanol–water partition coefficient (Wildman–Crippen LogP) is 4.90. The first-order chi connectivity index (χ1) is 7.09. The standard InChI is InChI=1S/C10H8ClF3S/c11-7-1-3-8(4-2-7)15-6-5-9(12)10(13)14/h1-4H,5-6H2. The molecule has 0 atom stereocenters. The summed E-state index contributed by atoms with van der Waals surface area (Å²) in [6.45, 7) is 0. The van der Waals surface area contributed by atoms with Gasteiger partial charge in [0.25, 0.3) is 0 Å². The van der Waals surface area contributed by atoms with Crippen molar-refractivity contribution in [1.82, 2.24) is 0 Å². The van der Waals surface area contributed by atoms with Crippen LogP contribution in [0, 0.1) is 0 Å². The van der Waals surface area contributed by atoms with E-state index in [1.807, 2.05) is 0 Å². The van der Waals surface area contributed by atoms with Crippen LogP contribution in [0.15, 0.2) is 41.1 Å². The van der Waals surface area contributed by atoms with E-state index in [4.69, 9.17) is 11.6 Å². The Hall–Kier alpha value is -0.610. The Morgan fingerprint density at radius 1 is 1.13 bits per heavy atom. The van der Waals surface area contributed by atoms with Crippen LogP contribution in [0.5, 0.6) is 0 Å². The van der Waals surface area contributed by atoms with Gasteiger partial charge in [-0.05, 0) is 24.3 Å². The van der Waals surface area contributed by atoms with Crippen molar-refractivity contribution in [3.63, 3.8) is 0 Å². The van der Waals surface area contributed by atoms with Crippen LogP contribution >= 0.6 is 23.4 Å². The molecule has 5 heteroatoms. The lowest BCUT2D eigenvalue weighted by molar-refractivity contribution is 0.373. The molecule has 0 aliphatic carbocycles. The number of hydrogen-bond acceptors (Lipinski definition) is 1. The molecule has 0 nitrogen and oxygen atoms in total. The number of benzene rings is 1. The van der Waals surface area contributed by atoms with E-state index < -0.39 is 11.9 Å². The van der Waals surface area contributed by atoms with E-state index in [9.17, 15) is 13.2 Å². The van der Waals surface area contributed by atoms with Crippen molar-refractivity contribution in [2.24, 2.45) is 0 Å². The van der Waals surface area contributed by atoms with Gasteiger partial charge in [-0.1, -0.05) is 11.6 Å². The minimum Gasteiger partial charge on any atom is -0.206 e. The highest BCUT2D eigenvalue weighted by Crippen LogP contribution is 2.23. The second kappa shape index (κ2) is 6.08. The van der Waals surface area contributed by atoms with Gasteiger partial charge < -0.3 is 0 Å². The van der Waals surface area contributed by atoms with Crippen LogP contribution in [0.25, 0.3) is 0 Å². The highest BCUT2D eigenvalue weighted by molar-refractivity contribution is 7.99. The maximum Gasteiger partial charge on any atom is 0.301 e. The third-order valence-corrected chi connectivity index (χ3v) is 2.87. The maximum absolute atomic E-state index is 12.4. The third kappa shape index (κ3) is 4.62. The average molecular weight is 253 g/mol. The predicted molar refractivity (Wildman–Crippen MR) is 57.1 cm³/mol. The van der Waals surface area contributed by atoms with Gasteiger partial charge >= 0.3 is 6.08 Å². The Balaban J connectivity index is 2.38. The molecule has 1 rings (SSSR count). The minimum absolute atomic E-state index is 0.254. The molecule has 0 radical (unpaired) electrons. The Morgan fingerprint density at radius 2 is 1.73 bits per heavy atom. The SMILES string of the molecule is FC(F)=C(F)CCSc1ccc(Cl)cc1. The molecule has 0 aliphatic rings. The van der Waals surface area contributed by atoms with Crippen LogP contribution in [0.3, 0.4) is 0 Å². The molecule has 0 aliphatic heterocycles. The Bertz CT molecular complexity index is 344. The van der Waals surface area contributed by atoms with E-state index >= 15 is 0 Å². The van der Waals surface area contributed by atoms with Crippen LogP contribution in [-0.2, 0) is 0 Å². The van der Waals surface area contributed by atoms with Crippen LogP contribution < -0.4 is 0 Å². The van der Waals surface area contributed by atoms with Crippen LogP contribution in [0.4, 0.5) is 13.2 Å².